The van der Waals surface area contributed by atoms with Crippen molar-refractivity contribution in [2.45, 2.75) is 13.0 Å². The number of aromatic nitrogens is 2. The second-order valence-electron chi connectivity index (χ2n) is 3.41. The summed E-state index contributed by atoms with van der Waals surface area (Å²) in [6.07, 6.45) is 0. The van der Waals surface area contributed by atoms with Crippen LogP contribution in [0.4, 0.5) is 5.82 Å². The number of hydrogen-bond acceptors (Lipinski definition) is 5. The number of rotatable bonds is 3. The van der Waals surface area contributed by atoms with E-state index in [1.807, 2.05) is 14.1 Å². The van der Waals surface area contributed by atoms with E-state index in [4.69, 9.17) is 10.8 Å². The Balaban J connectivity index is 3.14. The normalized spacial score (nSPS) is 12.3. The lowest BCUT2D eigenvalue weighted by atomic mass is 10.2. The van der Waals surface area contributed by atoms with Crippen LogP contribution in [-0.4, -0.2) is 35.1 Å². The van der Waals surface area contributed by atoms with Gasteiger partial charge in [-0.25, -0.2) is 9.97 Å². The minimum absolute atomic E-state index is 0.318. The van der Waals surface area contributed by atoms with Crippen molar-refractivity contribution >= 4 is 11.8 Å². The summed E-state index contributed by atoms with van der Waals surface area (Å²) >= 11 is 0. The monoisotopic (exact) mass is 210 g/mol. The summed E-state index contributed by atoms with van der Waals surface area (Å²) in [5.74, 6) is 0.0555. The van der Waals surface area contributed by atoms with E-state index < -0.39 is 12.0 Å². The van der Waals surface area contributed by atoms with Crippen LogP contribution in [0.25, 0.3) is 0 Å². The van der Waals surface area contributed by atoms with Gasteiger partial charge in [-0.05, 0) is 6.92 Å². The summed E-state index contributed by atoms with van der Waals surface area (Å²) < 4.78 is 0. The quantitative estimate of drug-likeness (QED) is 0.725. The number of anilines is 1. The fourth-order valence-electron chi connectivity index (χ4n) is 1.09. The van der Waals surface area contributed by atoms with Crippen LogP contribution in [-0.2, 0) is 4.79 Å². The molecule has 6 heteroatoms. The molecule has 1 rings (SSSR count). The highest BCUT2D eigenvalue weighted by Gasteiger charge is 2.17. The number of carboxylic acid groups (broad SMARTS) is 1. The number of aryl methyl sites for hydroxylation is 1. The maximum atomic E-state index is 10.7. The summed E-state index contributed by atoms with van der Waals surface area (Å²) in [5.41, 5.74) is 5.79. The van der Waals surface area contributed by atoms with Crippen LogP contribution >= 0.6 is 0 Å². The molecule has 0 aliphatic rings. The van der Waals surface area contributed by atoms with E-state index in [1.165, 1.54) is 0 Å². The minimum atomic E-state index is -1.11. The van der Waals surface area contributed by atoms with Gasteiger partial charge in [-0.15, -0.1) is 0 Å². The molecule has 0 aliphatic carbocycles. The number of nitrogens with two attached hydrogens (primary N) is 1. The molecule has 1 aromatic rings. The second kappa shape index (κ2) is 4.22. The number of hydrogen-bond donors (Lipinski definition) is 2. The zero-order valence-electron chi connectivity index (χ0n) is 8.93. The molecule has 0 bridgehead atoms. The van der Waals surface area contributed by atoms with Gasteiger partial charge in [-0.1, -0.05) is 0 Å². The third-order valence-electron chi connectivity index (χ3n) is 1.89. The number of carboxylic acids is 1. The van der Waals surface area contributed by atoms with Crippen LogP contribution in [0.3, 0.4) is 0 Å². The van der Waals surface area contributed by atoms with E-state index in [2.05, 4.69) is 9.97 Å². The fourth-order valence-corrected chi connectivity index (χ4v) is 1.09. The van der Waals surface area contributed by atoms with Gasteiger partial charge < -0.3 is 15.7 Å². The van der Waals surface area contributed by atoms with Crippen LogP contribution in [0.5, 0.6) is 0 Å². The van der Waals surface area contributed by atoms with Crippen LogP contribution in [0.2, 0.25) is 0 Å². The number of carbonyl (C=O) groups is 1. The molecule has 0 saturated carbocycles. The van der Waals surface area contributed by atoms with Crippen LogP contribution < -0.4 is 10.6 Å². The Morgan fingerprint density at radius 1 is 1.53 bits per heavy atom. The summed E-state index contributed by atoms with van der Waals surface area (Å²) in [6.45, 7) is 1.70. The molecule has 15 heavy (non-hydrogen) atoms. The van der Waals surface area contributed by atoms with Crippen molar-refractivity contribution in [2.75, 3.05) is 19.0 Å². The van der Waals surface area contributed by atoms with Crippen molar-refractivity contribution in [1.82, 2.24) is 9.97 Å². The topological polar surface area (TPSA) is 92.3 Å². The van der Waals surface area contributed by atoms with Crippen molar-refractivity contribution in [2.24, 2.45) is 5.73 Å². The largest absolute Gasteiger partial charge is 0.480 e. The molecule has 1 heterocycles. The van der Waals surface area contributed by atoms with Crippen LogP contribution in [0.1, 0.15) is 17.6 Å². The Morgan fingerprint density at radius 2 is 2.13 bits per heavy atom. The molecule has 82 valence electrons. The van der Waals surface area contributed by atoms with Gasteiger partial charge in [0.25, 0.3) is 0 Å². The molecule has 1 atom stereocenters. The first-order valence-electron chi connectivity index (χ1n) is 4.43. The van der Waals surface area contributed by atoms with E-state index >= 15 is 0 Å². The summed E-state index contributed by atoms with van der Waals surface area (Å²) in [4.78, 5) is 20.6. The molecule has 1 aromatic heterocycles. The predicted molar refractivity (Wildman–Crippen MR) is 55.7 cm³/mol. The summed E-state index contributed by atoms with van der Waals surface area (Å²) in [7, 11) is 3.63. The van der Waals surface area contributed by atoms with Gasteiger partial charge in [0, 0.05) is 20.2 Å². The molecule has 0 amide bonds. The first-order valence-corrected chi connectivity index (χ1v) is 4.43. The number of aliphatic carboxylic acids is 1. The fraction of sp³-hybridized carbons (Fsp3) is 0.444. The minimum Gasteiger partial charge on any atom is -0.480 e. The van der Waals surface area contributed by atoms with E-state index in [0.29, 0.717) is 17.3 Å². The molecular weight excluding hydrogens is 196 g/mol. The maximum Gasteiger partial charge on any atom is 0.326 e. The Labute approximate surface area is 87.8 Å². The lowest BCUT2D eigenvalue weighted by molar-refractivity contribution is -0.138. The van der Waals surface area contributed by atoms with Gasteiger partial charge in [0.15, 0.2) is 0 Å². The van der Waals surface area contributed by atoms with E-state index in [9.17, 15) is 4.79 Å². The molecule has 0 fully saturated rings. The van der Waals surface area contributed by atoms with Crippen molar-refractivity contribution in [3.63, 3.8) is 0 Å². The Hall–Kier alpha value is -1.69. The molecule has 3 N–H and O–H groups in total. The molecule has 6 nitrogen and oxygen atoms in total. The Morgan fingerprint density at radius 3 is 2.60 bits per heavy atom. The first-order chi connectivity index (χ1) is 6.91. The van der Waals surface area contributed by atoms with Gasteiger partial charge in [0.05, 0.1) is 5.69 Å². The highest BCUT2D eigenvalue weighted by Crippen LogP contribution is 2.14. The average Bonchev–Trinajstić information content (AvgIpc) is 2.15. The van der Waals surface area contributed by atoms with Gasteiger partial charge in [0.2, 0.25) is 0 Å². The summed E-state index contributed by atoms with van der Waals surface area (Å²) in [5, 5.41) is 8.76. The molecule has 0 radical (unpaired) electrons. The van der Waals surface area contributed by atoms with Crippen LogP contribution in [0.15, 0.2) is 6.07 Å². The first kappa shape index (κ1) is 11.4. The van der Waals surface area contributed by atoms with Gasteiger partial charge in [-0.3, -0.25) is 4.79 Å². The Bertz CT molecular complexity index is 378. The molecule has 0 aromatic carbocycles. The van der Waals surface area contributed by atoms with E-state index in [0.717, 1.165) is 0 Å². The van der Waals surface area contributed by atoms with Crippen molar-refractivity contribution in [1.29, 1.82) is 0 Å². The number of nitrogens with zero attached hydrogens (tertiary/aromatic N) is 3. The highest BCUT2D eigenvalue weighted by molar-refractivity contribution is 5.74. The predicted octanol–water partition coefficient (Wildman–Crippen LogP) is -0.0646. The van der Waals surface area contributed by atoms with Gasteiger partial charge in [0.1, 0.15) is 17.7 Å². The third-order valence-corrected chi connectivity index (χ3v) is 1.89. The SMILES string of the molecule is Cc1nc(C(N)C(=O)O)cc(N(C)C)n1. The van der Waals surface area contributed by atoms with Gasteiger partial charge in [-0.2, -0.15) is 0 Å². The smallest absolute Gasteiger partial charge is 0.326 e. The standard InChI is InChI=1S/C9H14N4O2/c1-5-11-6(8(10)9(14)15)4-7(12-5)13(2)3/h4,8H,10H2,1-3H3,(H,14,15). The molecule has 0 aliphatic heterocycles. The highest BCUT2D eigenvalue weighted by atomic mass is 16.4. The van der Waals surface area contributed by atoms with Crippen molar-refractivity contribution in [3.05, 3.63) is 17.6 Å². The van der Waals surface area contributed by atoms with E-state index in [1.54, 1.807) is 17.9 Å². The van der Waals surface area contributed by atoms with Crippen molar-refractivity contribution < 1.29 is 9.90 Å². The van der Waals surface area contributed by atoms with Gasteiger partial charge >= 0.3 is 5.97 Å². The molecule has 1 unspecified atom stereocenters. The summed E-state index contributed by atoms with van der Waals surface area (Å²) in [6, 6.07) is 0.469. The second-order valence-corrected chi connectivity index (χ2v) is 3.41. The third kappa shape index (κ3) is 2.63. The lowest BCUT2D eigenvalue weighted by Crippen LogP contribution is -2.23. The van der Waals surface area contributed by atoms with Crippen molar-refractivity contribution in [3.8, 4) is 0 Å². The Kier molecular flexibility index (Phi) is 3.21. The molecular formula is C9H14N4O2. The zero-order valence-corrected chi connectivity index (χ0v) is 8.93. The average molecular weight is 210 g/mol. The lowest BCUT2D eigenvalue weighted by Gasteiger charge is -2.14. The maximum absolute atomic E-state index is 10.7. The van der Waals surface area contributed by atoms with E-state index in [-0.39, 0.29) is 0 Å². The molecule has 0 spiro atoms. The van der Waals surface area contributed by atoms with Crippen LogP contribution in [0, 0.1) is 6.92 Å². The molecule has 0 saturated heterocycles. The zero-order chi connectivity index (χ0) is 11.6.